The Bertz CT molecular complexity index is 199. The molecule has 0 aliphatic carbocycles. The summed E-state index contributed by atoms with van der Waals surface area (Å²) in [6.07, 6.45) is 5.54. The minimum atomic E-state index is -1.08. The van der Waals surface area contributed by atoms with Crippen LogP contribution in [0.15, 0.2) is 30.6 Å². The summed E-state index contributed by atoms with van der Waals surface area (Å²) >= 11 is 0. The molecule has 1 aromatic heterocycles. The van der Waals surface area contributed by atoms with Crippen molar-refractivity contribution in [3.05, 3.63) is 30.6 Å². The first-order valence-electron chi connectivity index (χ1n) is 5.80. The lowest BCUT2D eigenvalue weighted by atomic mass is 10.4. The van der Waals surface area contributed by atoms with Gasteiger partial charge in [-0.2, -0.15) is 0 Å². The van der Waals surface area contributed by atoms with Gasteiger partial charge in [-0.1, -0.05) is 19.4 Å². The number of pyridine rings is 1. The number of aliphatic hydroxyl groups excluding tert-OH is 2. The van der Waals surface area contributed by atoms with E-state index in [2.05, 4.69) is 11.9 Å². The topological polar surface area (TPSA) is 125 Å². The van der Waals surface area contributed by atoms with Crippen LogP contribution >= 0.6 is 0 Å². The average Bonchev–Trinajstić information content (AvgIpc) is 2.33. The van der Waals surface area contributed by atoms with Gasteiger partial charge in [0.25, 0.3) is 0 Å². The molecule has 0 aliphatic rings. The standard InChI is InChI=1S/C5H5N.C4H10O.C2H4O2.C2H6O.H2O/c1-2-4-6-5-3-1;1-2-3-4-5;1-2(3)4;1-2-3;/h1-5H;5H,2-4H2,1H3;1H3,(H,3,4);3H,2H2,1H3;1H2/p-1. The van der Waals surface area contributed by atoms with Crippen LogP contribution < -0.4 is 5.11 Å². The molecule has 6 nitrogen and oxygen atoms in total. The van der Waals surface area contributed by atoms with Crippen LogP contribution in [0.25, 0.3) is 0 Å². The number of carboxylic acids is 1. The zero-order valence-corrected chi connectivity index (χ0v) is 11.9. The predicted octanol–water partition coefficient (Wildman–Crippen LogP) is -0.210. The van der Waals surface area contributed by atoms with E-state index in [9.17, 15) is 0 Å². The van der Waals surface area contributed by atoms with E-state index >= 15 is 0 Å². The third-order valence-electron chi connectivity index (χ3n) is 1.08. The first kappa shape index (κ1) is 26.1. The Kier molecular flexibility index (Phi) is 41.2. The van der Waals surface area contributed by atoms with Crippen LogP contribution in [-0.4, -0.2) is 39.9 Å². The first-order valence-corrected chi connectivity index (χ1v) is 5.80. The summed E-state index contributed by atoms with van der Waals surface area (Å²) in [7, 11) is 0. The third kappa shape index (κ3) is 82.1. The van der Waals surface area contributed by atoms with Crippen molar-refractivity contribution >= 4 is 5.97 Å². The third-order valence-corrected chi connectivity index (χ3v) is 1.08. The van der Waals surface area contributed by atoms with Gasteiger partial charge in [-0.3, -0.25) is 4.98 Å². The van der Waals surface area contributed by atoms with Crippen LogP contribution in [0.2, 0.25) is 0 Å². The van der Waals surface area contributed by atoms with Gasteiger partial charge in [0.05, 0.1) is 0 Å². The Hall–Kier alpha value is -1.50. The van der Waals surface area contributed by atoms with E-state index in [0.717, 1.165) is 19.8 Å². The maximum atomic E-state index is 8.89. The second-order valence-corrected chi connectivity index (χ2v) is 2.91. The molecule has 0 amide bonds. The van der Waals surface area contributed by atoms with Gasteiger partial charge in [0.2, 0.25) is 0 Å². The number of unbranched alkanes of at least 4 members (excludes halogenated alkanes) is 1. The van der Waals surface area contributed by atoms with Crippen LogP contribution in [0.5, 0.6) is 0 Å². The van der Waals surface area contributed by atoms with E-state index in [0.29, 0.717) is 6.61 Å². The molecule has 114 valence electrons. The number of carbonyl (C=O) groups excluding carboxylic acids is 1. The lowest BCUT2D eigenvalue weighted by Gasteiger charge is -1.79. The molecule has 0 bridgehead atoms. The average molecular weight is 276 g/mol. The fourth-order valence-electron chi connectivity index (χ4n) is 0.471. The number of hydrogen-bond acceptors (Lipinski definition) is 5. The highest BCUT2D eigenvalue weighted by atomic mass is 16.4. The van der Waals surface area contributed by atoms with Gasteiger partial charge in [-0.25, -0.2) is 0 Å². The van der Waals surface area contributed by atoms with Crippen molar-refractivity contribution < 1.29 is 25.6 Å². The van der Waals surface area contributed by atoms with Gasteiger partial charge >= 0.3 is 0 Å². The lowest BCUT2D eigenvalue weighted by Crippen LogP contribution is -2.16. The summed E-state index contributed by atoms with van der Waals surface area (Å²) in [5.74, 6) is -1.08. The Morgan fingerprint density at radius 3 is 1.58 bits per heavy atom. The van der Waals surface area contributed by atoms with E-state index in [1.807, 2.05) is 18.2 Å². The molecule has 1 aromatic rings. The highest BCUT2D eigenvalue weighted by Crippen LogP contribution is 1.78. The van der Waals surface area contributed by atoms with Gasteiger partial charge in [0, 0.05) is 31.6 Å². The van der Waals surface area contributed by atoms with Crippen molar-refractivity contribution in [3.63, 3.8) is 0 Å². The number of aliphatic hydroxyl groups is 2. The number of aromatic nitrogens is 1. The summed E-state index contributed by atoms with van der Waals surface area (Å²) in [5, 5.41) is 24.5. The molecule has 0 saturated heterocycles. The van der Waals surface area contributed by atoms with Gasteiger partial charge in [-0.15, -0.1) is 0 Å². The maximum absolute atomic E-state index is 8.89. The van der Waals surface area contributed by atoms with Crippen molar-refractivity contribution in [2.45, 2.75) is 33.6 Å². The summed E-state index contributed by atoms with van der Waals surface area (Å²) in [6, 6.07) is 5.72. The van der Waals surface area contributed by atoms with Gasteiger partial charge in [0.15, 0.2) is 0 Å². The van der Waals surface area contributed by atoms with Crippen molar-refractivity contribution in [2.24, 2.45) is 0 Å². The molecular formula is C13H26NO5-. The highest BCUT2D eigenvalue weighted by molar-refractivity contribution is 5.60. The zero-order valence-electron chi connectivity index (χ0n) is 11.9. The molecule has 0 spiro atoms. The number of rotatable bonds is 2. The minimum Gasteiger partial charge on any atom is -0.550 e. The molecule has 1 rings (SSSR count). The molecule has 4 N–H and O–H groups in total. The number of carboxylic acid groups (broad SMARTS) is 1. The molecular weight excluding hydrogens is 250 g/mol. The maximum Gasteiger partial charge on any atom is 0.0430 e. The Balaban J connectivity index is -0.0000000804. The van der Waals surface area contributed by atoms with E-state index in [1.54, 1.807) is 19.3 Å². The smallest absolute Gasteiger partial charge is 0.0430 e. The molecule has 0 aliphatic heterocycles. The van der Waals surface area contributed by atoms with E-state index in [1.165, 1.54) is 0 Å². The molecule has 0 unspecified atom stereocenters. The van der Waals surface area contributed by atoms with E-state index in [4.69, 9.17) is 20.1 Å². The molecule has 0 fully saturated rings. The molecule has 19 heavy (non-hydrogen) atoms. The zero-order chi connectivity index (χ0) is 14.6. The summed E-state index contributed by atoms with van der Waals surface area (Å²) in [4.78, 5) is 12.7. The quantitative estimate of drug-likeness (QED) is 0.773. The van der Waals surface area contributed by atoms with Crippen LogP contribution in [-0.2, 0) is 4.79 Å². The second-order valence-electron chi connectivity index (χ2n) is 2.91. The SMILES string of the molecule is CC(=O)[O-].CCCCO.CCO.O.c1ccncc1. The normalized spacial score (nSPS) is 7.00. The van der Waals surface area contributed by atoms with E-state index in [-0.39, 0.29) is 12.1 Å². The van der Waals surface area contributed by atoms with Crippen LogP contribution in [0.4, 0.5) is 0 Å². The summed E-state index contributed by atoms with van der Waals surface area (Å²) in [6.45, 7) is 5.30. The molecule has 0 saturated carbocycles. The summed E-state index contributed by atoms with van der Waals surface area (Å²) < 4.78 is 0. The predicted molar refractivity (Wildman–Crippen MR) is 73.3 cm³/mol. The van der Waals surface area contributed by atoms with Crippen molar-refractivity contribution in [1.29, 1.82) is 0 Å². The Labute approximate surface area is 115 Å². The largest absolute Gasteiger partial charge is 0.550 e. The van der Waals surface area contributed by atoms with Gasteiger partial charge in [0.1, 0.15) is 0 Å². The number of nitrogens with zero attached hydrogens (tertiary/aromatic N) is 1. The van der Waals surface area contributed by atoms with Crippen molar-refractivity contribution in [3.8, 4) is 0 Å². The minimum absolute atomic E-state index is 0. The lowest BCUT2D eigenvalue weighted by molar-refractivity contribution is -0.302. The molecule has 0 atom stereocenters. The monoisotopic (exact) mass is 276 g/mol. The number of carbonyl (C=O) groups is 1. The fraction of sp³-hybridized carbons (Fsp3) is 0.538. The number of aliphatic carboxylic acids is 1. The Morgan fingerprint density at radius 2 is 1.53 bits per heavy atom. The van der Waals surface area contributed by atoms with E-state index < -0.39 is 5.97 Å². The van der Waals surface area contributed by atoms with Crippen LogP contribution in [0, 0.1) is 0 Å². The molecule has 1 heterocycles. The van der Waals surface area contributed by atoms with Crippen LogP contribution in [0.1, 0.15) is 33.6 Å². The molecule has 0 aromatic carbocycles. The summed E-state index contributed by atoms with van der Waals surface area (Å²) in [5.41, 5.74) is 0. The van der Waals surface area contributed by atoms with Crippen molar-refractivity contribution in [2.75, 3.05) is 13.2 Å². The molecule has 6 heteroatoms. The van der Waals surface area contributed by atoms with Gasteiger partial charge in [-0.05, 0) is 32.4 Å². The van der Waals surface area contributed by atoms with Crippen LogP contribution in [0.3, 0.4) is 0 Å². The highest BCUT2D eigenvalue weighted by Gasteiger charge is 1.69. The number of hydrogen-bond donors (Lipinski definition) is 2. The Morgan fingerprint density at radius 1 is 1.16 bits per heavy atom. The first-order chi connectivity index (χ1) is 8.56. The van der Waals surface area contributed by atoms with Crippen molar-refractivity contribution in [1.82, 2.24) is 4.98 Å². The fourth-order valence-corrected chi connectivity index (χ4v) is 0.471. The second kappa shape index (κ2) is 30.0. The van der Waals surface area contributed by atoms with Gasteiger partial charge < -0.3 is 25.6 Å². The molecule has 0 radical (unpaired) electrons.